The molecule has 1 aliphatic carbocycles. The second-order valence-electron chi connectivity index (χ2n) is 6.63. The Hall–Kier alpha value is -2.14. The lowest BCUT2D eigenvalue weighted by molar-refractivity contribution is 0.416. The molecule has 1 aromatic carbocycles. The van der Waals surface area contributed by atoms with Crippen molar-refractivity contribution < 1.29 is 4.74 Å². The normalized spacial score (nSPS) is 13.7. The van der Waals surface area contributed by atoms with Gasteiger partial charge in [-0.15, -0.1) is 11.3 Å². The molecule has 0 bridgehead atoms. The van der Waals surface area contributed by atoms with E-state index in [1.807, 2.05) is 35.6 Å². The first-order valence-corrected chi connectivity index (χ1v) is 10.3. The summed E-state index contributed by atoms with van der Waals surface area (Å²) in [4.78, 5) is 15.0. The van der Waals surface area contributed by atoms with Crippen LogP contribution in [-0.4, -0.2) is 30.2 Å². The number of fused-ring (bicyclic) bond motifs is 3. The summed E-state index contributed by atoms with van der Waals surface area (Å²) in [6, 6.07) is 8.01. The number of hydrogen-bond acceptors (Lipinski definition) is 5. The maximum Gasteiger partial charge on any atom is 0.166 e. The number of aryl methyl sites for hydroxylation is 2. The van der Waals surface area contributed by atoms with Gasteiger partial charge in [-0.1, -0.05) is 12.1 Å². The van der Waals surface area contributed by atoms with Crippen LogP contribution in [0, 0.1) is 0 Å². The lowest BCUT2D eigenvalue weighted by Crippen LogP contribution is -2.24. The quantitative estimate of drug-likeness (QED) is 0.629. The summed E-state index contributed by atoms with van der Waals surface area (Å²) in [7, 11) is 1.70. The van der Waals surface area contributed by atoms with E-state index in [0.29, 0.717) is 0 Å². The molecule has 0 fully saturated rings. The highest BCUT2D eigenvalue weighted by Crippen LogP contribution is 2.41. The molecule has 2 heterocycles. The molecule has 0 aliphatic heterocycles. The fourth-order valence-electron chi connectivity index (χ4n) is 3.84. The van der Waals surface area contributed by atoms with Crippen LogP contribution in [-0.2, 0) is 12.8 Å². The molecular formula is C21H25N3OS. The van der Waals surface area contributed by atoms with Crippen LogP contribution in [0.2, 0.25) is 0 Å². The maximum absolute atomic E-state index is 5.56. The van der Waals surface area contributed by atoms with E-state index in [2.05, 4.69) is 18.7 Å². The first kappa shape index (κ1) is 17.3. The topological polar surface area (TPSA) is 38.2 Å². The summed E-state index contributed by atoms with van der Waals surface area (Å²) in [5.41, 5.74) is 2.45. The van der Waals surface area contributed by atoms with Crippen molar-refractivity contribution in [3.8, 4) is 17.1 Å². The van der Waals surface area contributed by atoms with E-state index in [1.54, 1.807) is 7.11 Å². The van der Waals surface area contributed by atoms with Crippen molar-refractivity contribution >= 4 is 27.4 Å². The molecule has 0 radical (unpaired) electrons. The molecule has 1 aliphatic rings. The number of anilines is 1. The first-order valence-electron chi connectivity index (χ1n) is 9.47. The second kappa shape index (κ2) is 7.23. The molecule has 0 amide bonds. The van der Waals surface area contributed by atoms with E-state index >= 15 is 0 Å². The van der Waals surface area contributed by atoms with Gasteiger partial charge >= 0.3 is 0 Å². The van der Waals surface area contributed by atoms with Crippen molar-refractivity contribution in [3.63, 3.8) is 0 Å². The molecule has 4 rings (SSSR count). The molecule has 0 N–H and O–H groups in total. The van der Waals surface area contributed by atoms with E-state index < -0.39 is 0 Å². The maximum atomic E-state index is 5.56. The van der Waals surface area contributed by atoms with Crippen molar-refractivity contribution in [2.24, 2.45) is 0 Å². The predicted molar refractivity (Wildman–Crippen MR) is 110 cm³/mol. The number of aromatic nitrogens is 2. The molecule has 136 valence electrons. The Morgan fingerprint density at radius 2 is 1.85 bits per heavy atom. The van der Waals surface area contributed by atoms with Gasteiger partial charge in [0, 0.05) is 18.0 Å². The molecule has 0 saturated heterocycles. The van der Waals surface area contributed by atoms with Crippen LogP contribution in [0.3, 0.4) is 0 Å². The van der Waals surface area contributed by atoms with Gasteiger partial charge in [-0.05, 0) is 57.2 Å². The number of hydrogen-bond donors (Lipinski definition) is 0. The second-order valence-corrected chi connectivity index (χ2v) is 7.72. The zero-order valence-electron chi connectivity index (χ0n) is 15.7. The van der Waals surface area contributed by atoms with E-state index in [1.165, 1.54) is 35.1 Å². The average Bonchev–Trinajstić information content (AvgIpc) is 3.07. The Bertz CT molecular complexity index is 930. The Balaban J connectivity index is 1.99. The number of methoxy groups -OCH3 is 1. The summed E-state index contributed by atoms with van der Waals surface area (Å²) < 4.78 is 5.56. The van der Waals surface area contributed by atoms with Gasteiger partial charge in [0.05, 0.1) is 18.1 Å². The molecule has 26 heavy (non-hydrogen) atoms. The predicted octanol–water partition coefficient (Wildman–Crippen LogP) is 5.09. The number of thiophene rings is 1. The molecule has 0 spiro atoms. The molecule has 5 heteroatoms. The monoisotopic (exact) mass is 367 g/mol. The standard InChI is InChI=1S/C21H25N3OS/c1-4-24(5-2)20-18-15-11-7-9-13-17(15)26-21(18)23-19(22-20)14-10-6-8-12-16(14)25-3/h6,8,10,12H,4-5,7,9,11,13H2,1-3H3. The van der Waals surface area contributed by atoms with Gasteiger partial charge in [0.25, 0.3) is 0 Å². The highest BCUT2D eigenvalue weighted by molar-refractivity contribution is 7.19. The third kappa shape index (κ3) is 2.84. The Morgan fingerprint density at radius 1 is 1.08 bits per heavy atom. The number of nitrogens with zero attached hydrogens (tertiary/aromatic N) is 3. The highest BCUT2D eigenvalue weighted by atomic mass is 32.1. The zero-order chi connectivity index (χ0) is 18.1. The third-order valence-electron chi connectivity index (χ3n) is 5.21. The number of benzene rings is 1. The first-order chi connectivity index (χ1) is 12.8. The van der Waals surface area contributed by atoms with Gasteiger partial charge in [0.15, 0.2) is 5.82 Å². The average molecular weight is 368 g/mol. The van der Waals surface area contributed by atoms with Crippen molar-refractivity contribution in [1.82, 2.24) is 9.97 Å². The van der Waals surface area contributed by atoms with Crippen LogP contribution in [0.1, 0.15) is 37.1 Å². The molecule has 4 nitrogen and oxygen atoms in total. The van der Waals surface area contributed by atoms with E-state index in [4.69, 9.17) is 14.7 Å². The van der Waals surface area contributed by atoms with Crippen LogP contribution in [0.4, 0.5) is 5.82 Å². The van der Waals surface area contributed by atoms with Crippen LogP contribution < -0.4 is 9.64 Å². The molecular weight excluding hydrogens is 342 g/mol. The summed E-state index contributed by atoms with van der Waals surface area (Å²) in [5, 5.41) is 1.28. The van der Waals surface area contributed by atoms with E-state index in [9.17, 15) is 0 Å². The molecule has 2 aromatic heterocycles. The molecule has 0 saturated carbocycles. The fourth-order valence-corrected chi connectivity index (χ4v) is 5.10. The third-order valence-corrected chi connectivity index (χ3v) is 6.39. The van der Waals surface area contributed by atoms with E-state index in [-0.39, 0.29) is 0 Å². The van der Waals surface area contributed by atoms with Gasteiger partial charge in [0.1, 0.15) is 16.4 Å². The summed E-state index contributed by atoms with van der Waals surface area (Å²) in [5.74, 6) is 2.66. The summed E-state index contributed by atoms with van der Waals surface area (Å²) in [6.07, 6.45) is 4.89. The summed E-state index contributed by atoms with van der Waals surface area (Å²) in [6.45, 7) is 6.27. The Kier molecular flexibility index (Phi) is 4.81. The summed E-state index contributed by atoms with van der Waals surface area (Å²) >= 11 is 1.86. The van der Waals surface area contributed by atoms with Gasteiger partial charge in [0.2, 0.25) is 0 Å². The minimum atomic E-state index is 0.760. The van der Waals surface area contributed by atoms with Gasteiger partial charge in [-0.25, -0.2) is 9.97 Å². The zero-order valence-corrected chi connectivity index (χ0v) is 16.5. The van der Waals surface area contributed by atoms with Crippen LogP contribution >= 0.6 is 11.3 Å². The number of rotatable bonds is 5. The van der Waals surface area contributed by atoms with Crippen LogP contribution in [0.15, 0.2) is 24.3 Å². The molecule has 0 atom stereocenters. The number of ether oxygens (including phenoxy) is 1. The van der Waals surface area contributed by atoms with Gasteiger partial charge < -0.3 is 9.64 Å². The number of para-hydroxylation sites is 1. The van der Waals surface area contributed by atoms with Crippen LogP contribution in [0.5, 0.6) is 5.75 Å². The lowest BCUT2D eigenvalue weighted by Gasteiger charge is -2.22. The fraction of sp³-hybridized carbons (Fsp3) is 0.429. The lowest BCUT2D eigenvalue weighted by atomic mass is 9.97. The minimum absolute atomic E-state index is 0.760. The van der Waals surface area contributed by atoms with Crippen molar-refractivity contribution in [2.75, 3.05) is 25.1 Å². The van der Waals surface area contributed by atoms with Gasteiger partial charge in [-0.2, -0.15) is 0 Å². The van der Waals surface area contributed by atoms with Gasteiger partial charge in [-0.3, -0.25) is 0 Å². The SMILES string of the molecule is CCN(CC)c1nc(-c2ccccc2OC)nc2sc3c(c12)CCCC3. The van der Waals surface area contributed by atoms with Crippen molar-refractivity contribution in [1.29, 1.82) is 0 Å². The van der Waals surface area contributed by atoms with Crippen LogP contribution in [0.25, 0.3) is 21.6 Å². The van der Waals surface area contributed by atoms with Crippen molar-refractivity contribution in [3.05, 3.63) is 34.7 Å². The molecule has 3 aromatic rings. The molecule has 0 unspecified atom stereocenters. The Labute approximate surface area is 158 Å². The van der Waals surface area contributed by atoms with Crippen molar-refractivity contribution in [2.45, 2.75) is 39.5 Å². The largest absolute Gasteiger partial charge is 0.496 e. The minimum Gasteiger partial charge on any atom is -0.496 e. The smallest absolute Gasteiger partial charge is 0.166 e. The highest BCUT2D eigenvalue weighted by Gasteiger charge is 2.24. The Morgan fingerprint density at radius 3 is 2.62 bits per heavy atom. The van der Waals surface area contributed by atoms with E-state index in [0.717, 1.165) is 47.3 Å².